The lowest BCUT2D eigenvalue weighted by Gasteiger charge is -2.33. The second-order valence-electron chi connectivity index (χ2n) is 3.63. The van der Waals surface area contributed by atoms with E-state index in [1.807, 2.05) is 0 Å². The van der Waals surface area contributed by atoms with Gasteiger partial charge in [-0.1, -0.05) is 6.92 Å². The van der Waals surface area contributed by atoms with Crippen molar-refractivity contribution in [1.29, 1.82) is 0 Å². The van der Waals surface area contributed by atoms with Gasteiger partial charge in [-0.3, -0.25) is 9.69 Å². The van der Waals surface area contributed by atoms with Crippen molar-refractivity contribution < 1.29 is 14.3 Å². The topological polar surface area (TPSA) is 49.9 Å². The number of amides is 1. The van der Waals surface area contributed by atoms with Gasteiger partial charge < -0.3 is 9.64 Å². The van der Waals surface area contributed by atoms with E-state index in [9.17, 15) is 9.59 Å². The molecule has 1 fully saturated rings. The first kappa shape index (κ1) is 12.0. The maximum Gasteiger partial charge on any atom is 0.396 e. The molecule has 5 heteroatoms. The van der Waals surface area contributed by atoms with Gasteiger partial charge in [-0.2, -0.15) is 0 Å². The van der Waals surface area contributed by atoms with E-state index in [-0.39, 0.29) is 0 Å². The maximum absolute atomic E-state index is 11.4. The average molecular weight is 214 g/mol. The van der Waals surface area contributed by atoms with Crippen LogP contribution in [0.2, 0.25) is 0 Å². The number of carbonyl (C=O) groups excluding carboxylic acids is 2. The monoisotopic (exact) mass is 214 g/mol. The highest BCUT2D eigenvalue weighted by Crippen LogP contribution is 2.03. The van der Waals surface area contributed by atoms with Crippen molar-refractivity contribution in [3.8, 4) is 0 Å². The maximum atomic E-state index is 11.4. The standard InChI is InChI=1S/C10H18N2O3/c1-3-4-11-5-7-12(8-6-11)9(13)10(14)15-2/h3-8H2,1-2H3. The highest BCUT2D eigenvalue weighted by Gasteiger charge is 2.25. The van der Waals surface area contributed by atoms with Gasteiger partial charge in [-0.25, -0.2) is 4.79 Å². The number of rotatable bonds is 2. The van der Waals surface area contributed by atoms with Crippen LogP contribution in [0.15, 0.2) is 0 Å². The van der Waals surface area contributed by atoms with Crippen LogP contribution in [0.4, 0.5) is 0 Å². The molecule has 5 nitrogen and oxygen atoms in total. The van der Waals surface area contributed by atoms with Crippen molar-refractivity contribution in [1.82, 2.24) is 9.80 Å². The van der Waals surface area contributed by atoms with Crippen molar-refractivity contribution in [2.45, 2.75) is 13.3 Å². The molecule has 0 bridgehead atoms. The molecular weight excluding hydrogens is 196 g/mol. The molecule has 1 aliphatic heterocycles. The van der Waals surface area contributed by atoms with Gasteiger partial charge in [0.1, 0.15) is 0 Å². The van der Waals surface area contributed by atoms with Crippen molar-refractivity contribution in [2.75, 3.05) is 39.8 Å². The Bertz CT molecular complexity index is 235. The van der Waals surface area contributed by atoms with Gasteiger partial charge >= 0.3 is 11.9 Å². The Kier molecular flexibility index (Phi) is 4.55. The lowest BCUT2D eigenvalue weighted by atomic mass is 10.3. The van der Waals surface area contributed by atoms with Crippen LogP contribution in [0.25, 0.3) is 0 Å². The van der Waals surface area contributed by atoms with Crippen molar-refractivity contribution in [2.24, 2.45) is 0 Å². The van der Waals surface area contributed by atoms with E-state index >= 15 is 0 Å². The summed E-state index contributed by atoms with van der Waals surface area (Å²) in [4.78, 5) is 26.3. The zero-order valence-electron chi connectivity index (χ0n) is 9.36. The molecule has 1 saturated heterocycles. The number of hydrogen-bond acceptors (Lipinski definition) is 4. The van der Waals surface area contributed by atoms with Gasteiger partial charge in [0.25, 0.3) is 0 Å². The highest BCUT2D eigenvalue weighted by atomic mass is 16.5. The smallest absolute Gasteiger partial charge is 0.396 e. The molecule has 0 aliphatic carbocycles. The van der Waals surface area contributed by atoms with Gasteiger partial charge in [0, 0.05) is 26.2 Å². The Morgan fingerprint density at radius 1 is 1.20 bits per heavy atom. The van der Waals surface area contributed by atoms with Crippen LogP contribution >= 0.6 is 0 Å². The van der Waals surface area contributed by atoms with Crippen LogP contribution in [-0.4, -0.2) is 61.5 Å². The predicted octanol–water partition coefficient (Wildman–Crippen LogP) is -0.286. The minimum Gasteiger partial charge on any atom is -0.462 e. The van der Waals surface area contributed by atoms with Crippen LogP contribution in [0.1, 0.15) is 13.3 Å². The van der Waals surface area contributed by atoms with Gasteiger partial charge in [-0.05, 0) is 13.0 Å². The second kappa shape index (κ2) is 5.70. The predicted molar refractivity (Wildman–Crippen MR) is 55.3 cm³/mol. The van der Waals surface area contributed by atoms with Crippen LogP contribution in [-0.2, 0) is 14.3 Å². The third kappa shape index (κ3) is 3.20. The van der Waals surface area contributed by atoms with Crippen LogP contribution < -0.4 is 0 Å². The summed E-state index contributed by atoms with van der Waals surface area (Å²) >= 11 is 0. The van der Waals surface area contributed by atoms with Crippen LogP contribution in [0, 0.1) is 0 Å². The molecule has 0 spiro atoms. The minimum absolute atomic E-state index is 0.520. The molecule has 86 valence electrons. The Morgan fingerprint density at radius 3 is 2.27 bits per heavy atom. The number of carbonyl (C=O) groups is 2. The molecule has 0 aromatic rings. The van der Waals surface area contributed by atoms with Crippen LogP contribution in [0.3, 0.4) is 0 Å². The molecule has 1 rings (SSSR count). The number of esters is 1. The first-order valence-corrected chi connectivity index (χ1v) is 5.28. The summed E-state index contributed by atoms with van der Waals surface area (Å²) in [6.07, 6.45) is 1.12. The fourth-order valence-corrected chi connectivity index (χ4v) is 1.71. The van der Waals surface area contributed by atoms with Gasteiger partial charge in [-0.15, -0.1) is 0 Å². The Morgan fingerprint density at radius 2 is 1.80 bits per heavy atom. The third-order valence-corrected chi connectivity index (χ3v) is 2.56. The largest absolute Gasteiger partial charge is 0.462 e. The summed E-state index contributed by atoms with van der Waals surface area (Å²) < 4.78 is 4.40. The Hall–Kier alpha value is -1.10. The fraction of sp³-hybridized carbons (Fsp3) is 0.800. The van der Waals surface area contributed by atoms with Crippen LogP contribution in [0.5, 0.6) is 0 Å². The lowest BCUT2D eigenvalue weighted by Crippen LogP contribution is -2.50. The van der Waals surface area contributed by atoms with Crippen molar-refractivity contribution in [3.63, 3.8) is 0 Å². The zero-order valence-corrected chi connectivity index (χ0v) is 9.36. The van der Waals surface area contributed by atoms with Crippen molar-refractivity contribution in [3.05, 3.63) is 0 Å². The molecule has 0 saturated carbocycles. The molecule has 0 radical (unpaired) electrons. The normalized spacial score (nSPS) is 17.6. The molecular formula is C10H18N2O3. The summed E-state index contributed by atoms with van der Waals surface area (Å²) in [5.74, 6) is -1.28. The third-order valence-electron chi connectivity index (χ3n) is 2.56. The quantitative estimate of drug-likeness (QED) is 0.468. The number of piperazine rings is 1. The molecule has 0 atom stereocenters. The first-order chi connectivity index (χ1) is 7.19. The van der Waals surface area contributed by atoms with E-state index in [0.29, 0.717) is 13.1 Å². The fourth-order valence-electron chi connectivity index (χ4n) is 1.71. The summed E-state index contributed by atoms with van der Waals surface area (Å²) in [5.41, 5.74) is 0. The van der Waals surface area contributed by atoms with Gasteiger partial charge in [0.15, 0.2) is 0 Å². The molecule has 0 aromatic carbocycles. The number of methoxy groups -OCH3 is 1. The van der Waals surface area contributed by atoms with E-state index in [4.69, 9.17) is 0 Å². The second-order valence-corrected chi connectivity index (χ2v) is 3.63. The van der Waals surface area contributed by atoms with E-state index < -0.39 is 11.9 Å². The lowest BCUT2D eigenvalue weighted by molar-refractivity contribution is -0.159. The summed E-state index contributed by atoms with van der Waals surface area (Å²) in [6.45, 7) is 6.11. The summed E-state index contributed by atoms with van der Waals surface area (Å²) in [6, 6.07) is 0. The number of nitrogens with zero attached hydrogens (tertiary/aromatic N) is 2. The summed E-state index contributed by atoms with van der Waals surface area (Å²) in [5, 5.41) is 0. The molecule has 0 unspecified atom stereocenters. The Labute approximate surface area is 90.0 Å². The molecule has 0 N–H and O–H groups in total. The molecule has 0 aromatic heterocycles. The average Bonchev–Trinajstić information content (AvgIpc) is 2.28. The molecule has 1 amide bonds. The minimum atomic E-state index is -0.765. The van der Waals surface area contributed by atoms with Gasteiger partial charge in [0.2, 0.25) is 0 Å². The van der Waals surface area contributed by atoms with E-state index in [1.54, 1.807) is 4.90 Å². The SMILES string of the molecule is CCCN1CCN(C(=O)C(=O)OC)CC1. The number of ether oxygens (including phenoxy) is 1. The van der Waals surface area contributed by atoms with E-state index in [2.05, 4.69) is 16.6 Å². The summed E-state index contributed by atoms with van der Waals surface area (Å²) in [7, 11) is 1.23. The molecule has 1 aliphatic rings. The molecule has 15 heavy (non-hydrogen) atoms. The molecule has 1 heterocycles. The zero-order chi connectivity index (χ0) is 11.3. The Balaban J connectivity index is 2.37. The van der Waals surface area contributed by atoms with Crippen molar-refractivity contribution >= 4 is 11.9 Å². The van der Waals surface area contributed by atoms with E-state index in [0.717, 1.165) is 26.1 Å². The van der Waals surface area contributed by atoms with Gasteiger partial charge in [0.05, 0.1) is 7.11 Å². The number of hydrogen-bond donors (Lipinski definition) is 0. The van der Waals surface area contributed by atoms with E-state index in [1.165, 1.54) is 7.11 Å². The highest BCUT2D eigenvalue weighted by molar-refractivity contribution is 6.32. The first-order valence-electron chi connectivity index (χ1n) is 5.28.